The maximum Gasteiger partial charge on any atom is 0.250 e. The zero-order valence-electron chi connectivity index (χ0n) is 11.4. The SMILES string of the molecule is NCC#Cc1cc(F)cc(OCCn2ccccc2=O)c1. The van der Waals surface area contributed by atoms with Crippen LogP contribution in [0.3, 0.4) is 0 Å². The summed E-state index contributed by atoms with van der Waals surface area (Å²) in [4.78, 5) is 11.5. The first-order valence-corrected chi connectivity index (χ1v) is 6.47. The Morgan fingerprint density at radius 1 is 1.29 bits per heavy atom. The van der Waals surface area contributed by atoms with Crippen molar-refractivity contribution in [3.8, 4) is 17.6 Å². The van der Waals surface area contributed by atoms with Crippen molar-refractivity contribution in [1.82, 2.24) is 4.57 Å². The Morgan fingerprint density at radius 3 is 2.90 bits per heavy atom. The second-order valence-corrected chi connectivity index (χ2v) is 4.26. The first-order chi connectivity index (χ1) is 10.2. The maximum absolute atomic E-state index is 13.4. The third-order valence-corrected chi connectivity index (χ3v) is 2.71. The van der Waals surface area contributed by atoms with Gasteiger partial charge in [-0.1, -0.05) is 17.9 Å². The largest absolute Gasteiger partial charge is 0.492 e. The van der Waals surface area contributed by atoms with Gasteiger partial charge >= 0.3 is 0 Å². The van der Waals surface area contributed by atoms with Gasteiger partial charge in [0.25, 0.3) is 5.56 Å². The summed E-state index contributed by atoms with van der Waals surface area (Å²) in [6, 6.07) is 9.15. The van der Waals surface area contributed by atoms with E-state index < -0.39 is 5.82 Å². The van der Waals surface area contributed by atoms with Crippen molar-refractivity contribution in [1.29, 1.82) is 0 Å². The van der Waals surface area contributed by atoms with Gasteiger partial charge in [-0.05, 0) is 18.2 Å². The van der Waals surface area contributed by atoms with Gasteiger partial charge in [-0.2, -0.15) is 0 Å². The van der Waals surface area contributed by atoms with Crippen LogP contribution in [-0.4, -0.2) is 17.7 Å². The van der Waals surface area contributed by atoms with E-state index in [4.69, 9.17) is 10.5 Å². The van der Waals surface area contributed by atoms with E-state index in [-0.39, 0.29) is 18.7 Å². The van der Waals surface area contributed by atoms with Crippen LogP contribution in [0.25, 0.3) is 0 Å². The van der Waals surface area contributed by atoms with E-state index in [2.05, 4.69) is 11.8 Å². The van der Waals surface area contributed by atoms with Crippen molar-refractivity contribution < 1.29 is 9.13 Å². The highest BCUT2D eigenvalue weighted by atomic mass is 19.1. The lowest BCUT2D eigenvalue weighted by Gasteiger charge is -2.08. The second-order valence-electron chi connectivity index (χ2n) is 4.26. The summed E-state index contributed by atoms with van der Waals surface area (Å²) in [5, 5.41) is 0. The van der Waals surface area contributed by atoms with Crippen molar-refractivity contribution in [2.45, 2.75) is 6.54 Å². The molecule has 0 saturated heterocycles. The van der Waals surface area contributed by atoms with Gasteiger partial charge in [0.05, 0.1) is 13.1 Å². The Morgan fingerprint density at radius 2 is 2.14 bits per heavy atom. The van der Waals surface area contributed by atoms with Crippen LogP contribution in [0.15, 0.2) is 47.4 Å². The van der Waals surface area contributed by atoms with E-state index in [1.165, 1.54) is 22.8 Å². The molecular weight excluding hydrogens is 271 g/mol. The fourth-order valence-electron chi connectivity index (χ4n) is 1.78. The molecular formula is C16H15FN2O2. The first kappa shape index (κ1) is 14.8. The average molecular weight is 286 g/mol. The highest BCUT2D eigenvalue weighted by molar-refractivity contribution is 5.40. The Labute approximate surface area is 122 Å². The molecule has 1 aromatic carbocycles. The molecule has 1 heterocycles. The molecule has 0 radical (unpaired) electrons. The normalized spacial score (nSPS) is 9.81. The lowest BCUT2D eigenvalue weighted by molar-refractivity contribution is 0.295. The zero-order chi connectivity index (χ0) is 15.1. The van der Waals surface area contributed by atoms with Crippen molar-refractivity contribution >= 4 is 0 Å². The quantitative estimate of drug-likeness (QED) is 0.864. The highest BCUT2D eigenvalue weighted by Crippen LogP contribution is 2.15. The zero-order valence-corrected chi connectivity index (χ0v) is 11.4. The van der Waals surface area contributed by atoms with Crippen LogP contribution < -0.4 is 16.0 Å². The highest BCUT2D eigenvalue weighted by Gasteiger charge is 2.01. The molecule has 0 aliphatic carbocycles. The summed E-state index contributed by atoms with van der Waals surface area (Å²) in [5.41, 5.74) is 5.69. The third-order valence-electron chi connectivity index (χ3n) is 2.71. The maximum atomic E-state index is 13.4. The lowest BCUT2D eigenvalue weighted by Crippen LogP contribution is -2.21. The molecule has 0 amide bonds. The Balaban J connectivity index is 2.02. The molecule has 2 rings (SSSR count). The third kappa shape index (κ3) is 4.48. The Bertz CT molecular complexity index is 729. The van der Waals surface area contributed by atoms with Crippen LogP contribution in [0.4, 0.5) is 4.39 Å². The number of aromatic nitrogens is 1. The van der Waals surface area contributed by atoms with Gasteiger partial charge in [0.1, 0.15) is 18.2 Å². The van der Waals surface area contributed by atoms with E-state index in [0.717, 1.165) is 0 Å². The molecule has 5 heteroatoms. The van der Waals surface area contributed by atoms with Crippen LogP contribution in [0.2, 0.25) is 0 Å². The molecule has 4 nitrogen and oxygen atoms in total. The van der Waals surface area contributed by atoms with Crippen molar-refractivity contribution in [2.75, 3.05) is 13.2 Å². The van der Waals surface area contributed by atoms with Crippen LogP contribution >= 0.6 is 0 Å². The molecule has 1 aromatic heterocycles. The minimum Gasteiger partial charge on any atom is -0.492 e. The van der Waals surface area contributed by atoms with Gasteiger partial charge in [-0.25, -0.2) is 4.39 Å². The number of nitrogens with zero attached hydrogens (tertiary/aromatic N) is 1. The molecule has 0 aliphatic heterocycles. The molecule has 21 heavy (non-hydrogen) atoms. The summed E-state index contributed by atoms with van der Waals surface area (Å²) < 4.78 is 20.4. The molecule has 2 N–H and O–H groups in total. The van der Waals surface area contributed by atoms with Crippen LogP contribution in [0, 0.1) is 17.7 Å². The fraction of sp³-hybridized carbons (Fsp3) is 0.188. The van der Waals surface area contributed by atoms with E-state index in [1.807, 2.05) is 0 Å². The number of ether oxygens (including phenoxy) is 1. The van der Waals surface area contributed by atoms with Crippen molar-refractivity contribution in [3.05, 3.63) is 64.3 Å². The van der Waals surface area contributed by atoms with E-state index >= 15 is 0 Å². The number of rotatable bonds is 4. The molecule has 0 spiro atoms. The van der Waals surface area contributed by atoms with E-state index in [9.17, 15) is 9.18 Å². The smallest absolute Gasteiger partial charge is 0.250 e. The van der Waals surface area contributed by atoms with E-state index in [0.29, 0.717) is 17.9 Å². The monoisotopic (exact) mass is 286 g/mol. The molecule has 0 saturated carbocycles. The number of pyridine rings is 1. The van der Waals surface area contributed by atoms with Crippen LogP contribution in [0.1, 0.15) is 5.56 Å². The van der Waals surface area contributed by atoms with Gasteiger partial charge in [0, 0.05) is 23.9 Å². The molecule has 0 aliphatic rings. The molecule has 0 unspecified atom stereocenters. The predicted octanol–water partition coefficient (Wildman–Crippen LogP) is 1.38. The summed E-state index contributed by atoms with van der Waals surface area (Å²) in [7, 11) is 0. The molecule has 108 valence electrons. The van der Waals surface area contributed by atoms with Gasteiger partial charge in [-0.3, -0.25) is 4.79 Å². The summed E-state index contributed by atoms with van der Waals surface area (Å²) in [6.45, 7) is 0.862. The van der Waals surface area contributed by atoms with Gasteiger partial charge in [0.2, 0.25) is 0 Å². The second kappa shape index (κ2) is 7.27. The minimum absolute atomic E-state index is 0.102. The number of benzene rings is 1. The minimum atomic E-state index is -0.425. The summed E-state index contributed by atoms with van der Waals surface area (Å²) in [6.07, 6.45) is 1.68. The fourth-order valence-corrected chi connectivity index (χ4v) is 1.78. The molecule has 0 bridgehead atoms. The summed E-state index contributed by atoms with van der Waals surface area (Å²) in [5.74, 6) is 5.36. The number of nitrogens with two attached hydrogens (primary N) is 1. The van der Waals surface area contributed by atoms with E-state index in [1.54, 1.807) is 24.4 Å². The van der Waals surface area contributed by atoms with Crippen molar-refractivity contribution in [3.63, 3.8) is 0 Å². The van der Waals surface area contributed by atoms with Crippen molar-refractivity contribution in [2.24, 2.45) is 5.73 Å². The van der Waals surface area contributed by atoms with Gasteiger partial charge in [0.15, 0.2) is 0 Å². The average Bonchev–Trinajstić information content (AvgIpc) is 2.47. The van der Waals surface area contributed by atoms with Gasteiger partial charge in [-0.15, -0.1) is 0 Å². The molecule has 0 fully saturated rings. The number of hydrogen-bond donors (Lipinski definition) is 1. The van der Waals surface area contributed by atoms with Gasteiger partial charge < -0.3 is 15.0 Å². The Hall–Kier alpha value is -2.58. The predicted molar refractivity (Wildman–Crippen MR) is 78.5 cm³/mol. The number of hydrogen-bond acceptors (Lipinski definition) is 3. The lowest BCUT2D eigenvalue weighted by atomic mass is 10.2. The molecule has 2 aromatic rings. The van der Waals surface area contributed by atoms with Crippen LogP contribution in [-0.2, 0) is 6.54 Å². The summed E-state index contributed by atoms with van der Waals surface area (Å²) >= 11 is 0. The topological polar surface area (TPSA) is 57.2 Å². The standard InChI is InChI=1S/C16H15FN2O2/c17-14-10-13(4-3-6-18)11-15(12-14)21-9-8-19-7-2-1-5-16(19)20/h1-2,5,7,10-12H,6,8-9,18H2. The first-order valence-electron chi connectivity index (χ1n) is 6.47. The number of halogens is 1. The van der Waals surface area contributed by atoms with Crippen LogP contribution in [0.5, 0.6) is 5.75 Å². The molecule has 0 atom stereocenters. The Kier molecular flexibility index (Phi) is 5.13.